The number of methoxy groups -OCH3 is 1. The normalized spacial score (nSPS) is 27.8. The molecule has 1 fully saturated rings. The van der Waals surface area contributed by atoms with Crippen LogP contribution in [0.1, 0.15) is 55.2 Å². The summed E-state index contributed by atoms with van der Waals surface area (Å²) >= 11 is 0. The zero-order valence-electron chi connectivity index (χ0n) is 19.5. The number of allylic oxidation sites excluding steroid dienone is 2. The molecule has 0 amide bonds. The third kappa shape index (κ3) is 3.34. The van der Waals surface area contributed by atoms with Crippen molar-refractivity contribution in [3.8, 4) is 16.9 Å². The first kappa shape index (κ1) is 20.7. The largest absolute Gasteiger partial charge is 0.497 e. The topological polar surface area (TPSA) is 9.23 Å². The quantitative estimate of drug-likeness (QED) is 0.402. The van der Waals surface area contributed by atoms with E-state index in [1.165, 1.54) is 53.5 Å². The first-order valence-electron chi connectivity index (χ1n) is 12.3. The highest BCUT2D eigenvalue weighted by atomic mass is 19.1. The van der Waals surface area contributed by atoms with Gasteiger partial charge in [-0.3, -0.25) is 0 Å². The highest BCUT2D eigenvalue weighted by Gasteiger charge is 2.51. The fraction of sp³-hybridized carbons (Fsp3) is 0.355. The van der Waals surface area contributed by atoms with Crippen LogP contribution in [0.15, 0.2) is 72.8 Å². The molecule has 4 atom stereocenters. The van der Waals surface area contributed by atoms with Gasteiger partial charge in [0.05, 0.1) is 7.11 Å². The van der Waals surface area contributed by atoms with E-state index in [9.17, 15) is 4.39 Å². The molecule has 2 heteroatoms. The van der Waals surface area contributed by atoms with Crippen molar-refractivity contribution in [2.24, 2.45) is 17.3 Å². The zero-order chi connectivity index (χ0) is 22.6. The van der Waals surface area contributed by atoms with E-state index in [1.807, 2.05) is 24.3 Å². The van der Waals surface area contributed by atoms with Gasteiger partial charge in [0.15, 0.2) is 0 Å². The van der Waals surface area contributed by atoms with Gasteiger partial charge in [-0.15, -0.1) is 0 Å². The molecule has 0 spiro atoms. The highest BCUT2D eigenvalue weighted by Crippen LogP contribution is 2.63. The molecule has 1 nitrogen and oxygen atoms in total. The maximum atomic E-state index is 13.5. The molecule has 33 heavy (non-hydrogen) atoms. The van der Waals surface area contributed by atoms with Gasteiger partial charge < -0.3 is 4.74 Å². The van der Waals surface area contributed by atoms with Gasteiger partial charge in [-0.1, -0.05) is 55.5 Å². The van der Waals surface area contributed by atoms with Gasteiger partial charge in [0.25, 0.3) is 0 Å². The van der Waals surface area contributed by atoms with Crippen LogP contribution in [0.25, 0.3) is 16.7 Å². The van der Waals surface area contributed by atoms with E-state index in [1.54, 1.807) is 24.8 Å². The summed E-state index contributed by atoms with van der Waals surface area (Å²) in [5.74, 6) is 2.83. The van der Waals surface area contributed by atoms with Crippen molar-refractivity contribution in [2.45, 2.75) is 44.9 Å². The molecule has 3 aliphatic rings. The number of hydrogen-bond acceptors (Lipinski definition) is 1. The zero-order valence-corrected chi connectivity index (χ0v) is 19.5. The van der Waals surface area contributed by atoms with Crippen LogP contribution in [0.3, 0.4) is 0 Å². The van der Waals surface area contributed by atoms with Crippen molar-refractivity contribution in [1.82, 2.24) is 0 Å². The molecule has 1 saturated carbocycles. The second-order valence-corrected chi connectivity index (χ2v) is 10.4. The average Bonchev–Trinajstić information content (AvgIpc) is 3.21. The van der Waals surface area contributed by atoms with E-state index in [-0.39, 0.29) is 11.2 Å². The summed E-state index contributed by atoms with van der Waals surface area (Å²) in [6.07, 6.45) is 8.51. The molecule has 0 aliphatic heterocycles. The van der Waals surface area contributed by atoms with E-state index in [4.69, 9.17) is 4.74 Å². The minimum atomic E-state index is -0.152. The van der Waals surface area contributed by atoms with Gasteiger partial charge in [0.1, 0.15) is 11.6 Å². The van der Waals surface area contributed by atoms with Crippen LogP contribution in [-0.4, -0.2) is 7.11 Å². The van der Waals surface area contributed by atoms with Crippen LogP contribution in [0.5, 0.6) is 5.75 Å². The molecule has 3 aromatic carbocycles. The maximum Gasteiger partial charge on any atom is 0.123 e. The van der Waals surface area contributed by atoms with Crippen molar-refractivity contribution in [2.75, 3.05) is 7.11 Å². The van der Waals surface area contributed by atoms with Crippen LogP contribution in [0.2, 0.25) is 0 Å². The van der Waals surface area contributed by atoms with E-state index in [0.29, 0.717) is 11.8 Å². The predicted octanol–water partition coefficient (Wildman–Crippen LogP) is 8.05. The van der Waals surface area contributed by atoms with Crippen molar-refractivity contribution >= 4 is 5.57 Å². The van der Waals surface area contributed by atoms with Gasteiger partial charge in [0, 0.05) is 0 Å². The second-order valence-electron chi connectivity index (χ2n) is 10.4. The van der Waals surface area contributed by atoms with Crippen molar-refractivity contribution in [3.63, 3.8) is 0 Å². The fourth-order valence-corrected chi connectivity index (χ4v) is 7.19. The van der Waals surface area contributed by atoms with Gasteiger partial charge in [-0.05, 0) is 113 Å². The molecular formula is C31H31FO. The number of halogens is 1. The molecule has 0 radical (unpaired) electrons. The third-order valence-electron chi connectivity index (χ3n) is 8.89. The van der Waals surface area contributed by atoms with Crippen molar-refractivity contribution < 1.29 is 9.13 Å². The van der Waals surface area contributed by atoms with Crippen LogP contribution < -0.4 is 4.74 Å². The van der Waals surface area contributed by atoms with Gasteiger partial charge in [-0.2, -0.15) is 0 Å². The number of fused-ring (bicyclic) bond motifs is 5. The molecule has 0 N–H and O–H groups in total. The summed E-state index contributed by atoms with van der Waals surface area (Å²) in [5, 5.41) is 0. The molecule has 0 heterocycles. The Morgan fingerprint density at radius 2 is 1.61 bits per heavy atom. The molecule has 0 bridgehead atoms. The van der Waals surface area contributed by atoms with Crippen molar-refractivity contribution in [1.29, 1.82) is 0 Å². The van der Waals surface area contributed by atoms with Crippen LogP contribution in [0, 0.1) is 23.1 Å². The SMILES string of the molecule is COc1ccc(-c2ccc3c(c2)CC[C@@H]2[C@@H]3CC[C@]3(C)C(c4ccc(F)cc4)=CC[C@@H]23)cc1. The molecule has 168 valence electrons. The average molecular weight is 439 g/mol. The predicted molar refractivity (Wildman–Crippen MR) is 133 cm³/mol. The molecule has 3 aliphatic carbocycles. The minimum absolute atomic E-state index is 0.152. The van der Waals surface area contributed by atoms with E-state index in [0.717, 1.165) is 18.1 Å². The molecule has 0 aromatic heterocycles. The third-order valence-corrected chi connectivity index (χ3v) is 8.89. The Bertz CT molecular complexity index is 1210. The van der Waals surface area contributed by atoms with Crippen molar-refractivity contribution in [3.05, 3.63) is 95.3 Å². The Balaban J connectivity index is 1.27. The standard InChI is InChI=1S/C31H31FO/c1-31-18-17-27-26-13-7-22(20-5-11-25(33-2)12-6-20)19-23(26)8-14-28(27)30(31)16-15-29(31)21-3-9-24(32)10-4-21/h3-7,9-13,15,19,27-28,30H,8,14,16-18H2,1-2H3/t27-,28-,30+,31-/m1/s1. The summed E-state index contributed by atoms with van der Waals surface area (Å²) in [4.78, 5) is 0. The number of ether oxygens (including phenoxy) is 1. The summed E-state index contributed by atoms with van der Waals surface area (Å²) in [7, 11) is 1.71. The van der Waals surface area contributed by atoms with Gasteiger partial charge in [-0.25, -0.2) is 4.39 Å². The summed E-state index contributed by atoms with van der Waals surface area (Å²) in [6.45, 7) is 2.47. The number of benzene rings is 3. The number of hydrogen-bond donors (Lipinski definition) is 0. The minimum Gasteiger partial charge on any atom is -0.497 e. The second kappa shape index (κ2) is 7.87. The van der Waals surface area contributed by atoms with E-state index >= 15 is 0 Å². The van der Waals surface area contributed by atoms with Crippen LogP contribution in [0.4, 0.5) is 4.39 Å². The van der Waals surface area contributed by atoms with Crippen LogP contribution in [-0.2, 0) is 6.42 Å². The Kier molecular flexibility index (Phi) is 4.94. The lowest BCUT2D eigenvalue weighted by molar-refractivity contribution is 0.0886. The monoisotopic (exact) mass is 438 g/mol. The lowest BCUT2D eigenvalue weighted by Crippen LogP contribution is -2.40. The Morgan fingerprint density at radius 1 is 0.879 bits per heavy atom. The first-order chi connectivity index (χ1) is 16.1. The van der Waals surface area contributed by atoms with Gasteiger partial charge in [0.2, 0.25) is 0 Å². The summed E-state index contributed by atoms with van der Waals surface area (Å²) in [6, 6.07) is 22.7. The Morgan fingerprint density at radius 3 is 2.36 bits per heavy atom. The Hall–Kier alpha value is -2.87. The summed E-state index contributed by atoms with van der Waals surface area (Å²) < 4.78 is 18.8. The maximum absolute atomic E-state index is 13.5. The van der Waals surface area contributed by atoms with Crippen LogP contribution >= 0.6 is 0 Å². The number of aryl methyl sites for hydroxylation is 1. The first-order valence-corrected chi connectivity index (χ1v) is 12.3. The molecular weight excluding hydrogens is 407 g/mol. The van der Waals surface area contributed by atoms with E-state index in [2.05, 4.69) is 43.3 Å². The Labute approximate surface area is 196 Å². The molecule has 3 aromatic rings. The molecule has 0 saturated heterocycles. The number of rotatable bonds is 3. The smallest absolute Gasteiger partial charge is 0.123 e. The van der Waals surface area contributed by atoms with E-state index < -0.39 is 0 Å². The lowest BCUT2D eigenvalue weighted by atomic mass is 9.54. The molecule has 0 unspecified atom stereocenters. The lowest BCUT2D eigenvalue weighted by Gasteiger charge is -2.50. The fourth-order valence-electron chi connectivity index (χ4n) is 7.19. The molecule has 6 rings (SSSR count). The summed E-state index contributed by atoms with van der Waals surface area (Å²) in [5.41, 5.74) is 8.54. The van der Waals surface area contributed by atoms with Gasteiger partial charge >= 0.3 is 0 Å². The highest BCUT2D eigenvalue weighted by molar-refractivity contribution is 5.73.